The number of aromatic nitrogens is 2. The van der Waals surface area contributed by atoms with E-state index in [-0.39, 0.29) is 0 Å². The highest BCUT2D eigenvalue weighted by molar-refractivity contribution is 6.16. The average Bonchev–Trinajstić information content (AvgIpc) is 3.07. The Bertz CT molecular complexity index is 1090. The summed E-state index contributed by atoms with van der Waals surface area (Å²) in [5.74, 6) is 0. The summed E-state index contributed by atoms with van der Waals surface area (Å²) in [5, 5.41) is 5.43. The zero-order chi connectivity index (χ0) is 18.3. The molecule has 0 radical (unpaired) electrons. The van der Waals surface area contributed by atoms with Crippen molar-refractivity contribution < 1.29 is 9.47 Å². The number of nitrogens with one attached hydrogen (secondary N) is 2. The minimum absolute atomic E-state index is 1.07. The number of benzene rings is 2. The van der Waals surface area contributed by atoms with Gasteiger partial charge in [0.05, 0.1) is 18.6 Å². The van der Waals surface area contributed by atoms with E-state index in [1.807, 2.05) is 0 Å². The fourth-order valence-corrected chi connectivity index (χ4v) is 4.28. The van der Waals surface area contributed by atoms with Crippen molar-refractivity contribution in [1.29, 1.82) is 0 Å². The first-order valence-electron chi connectivity index (χ1n) is 9.80. The van der Waals surface area contributed by atoms with Crippen LogP contribution in [0.4, 0.5) is 0 Å². The quantitative estimate of drug-likeness (QED) is 0.518. The molecule has 0 aliphatic rings. The fourth-order valence-electron chi connectivity index (χ4n) is 4.28. The number of quaternary nitrogens is 1. The van der Waals surface area contributed by atoms with Gasteiger partial charge in [0.2, 0.25) is 0 Å². The highest BCUT2D eigenvalue weighted by Crippen LogP contribution is 2.35. The number of aryl methyl sites for hydroxylation is 2. The fraction of sp³-hybridized carbons (Fsp3) is 0.348. The van der Waals surface area contributed by atoms with Gasteiger partial charge in [-0.3, -0.25) is 0 Å². The molecule has 2 heterocycles. The first kappa shape index (κ1) is 17.0. The van der Waals surface area contributed by atoms with Gasteiger partial charge in [-0.2, -0.15) is 4.57 Å². The van der Waals surface area contributed by atoms with Crippen LogP contribution in [0.2, 0.25) is 0 Å². The van der Waals surface area contributed by atoms with Gasteiger partial charge < -0.3 is 9.88 Å². The number of fused-ring (bicyclic) bond motifs is 4. The summed E-state index contributed by atoms with van der Waals surface area (Å²) in [7, 11) is 0. The second kappa shape index (κ2) is 6.73. The van der Waals surface area contributed by atoms with Crippen LogP contribution in [0.1, 0.15) is 25.0 Å². The largest absolute Gasteiger partial charge is 0.354 e. The molecule has 4 rings (SSSR count). The topological polar surface area (TPSA) is 24.1 Å². The lowest BCUT2D eigenvalue weighted by Crippen LogP contribution is -3.12. The molecule has 0 aliphatic heterocycles. The molecule has 2 N–H and O–H groups in total. The van der Waals surface area contributed by atoms with Crippen LogP contribution in [0, 0.1) is 13.8 Å². The van der Waals surface area contributed by atoms with Crippen molar-refractivity contribution in [3.63, 3.8) is 0 Å². The monoisotopic (exact) mass is 347 g/mol. The number of likely N-dealkylation sites (N-methyl/N-ethyl adjacent to an activating group) is 1. The standard InChI is InChI=1S/C23H27N3/c1-5-25(6-2)13-14-26-12-11-18-17(4)23-22(16(3)20(18)15-26)19-9-7-8-10-21(19)24-23/h7-12,15H,5-6,13-14H2,1-4H3/p+2. The van der Waals surface area contributed by atoms with E-state index in [2.05, 4.69) is 80.0 Å². The van der Waals surface area contributed by atoms with E-state index < -0.39 is 0 Å². The van der Waals surface area contributed by atoms with Gasteiger partial charge >= 0.3 is 0 Å². The van der Waals surface area contributed by atoms with Crippen molar-refractivity contribution in [1.82, 2.24) is 4.98 Å². The Morgan fingerprint density at radius 3 is 2.46 bits per heavy atom. The molecule has 0 unspecified atom stereocenters. The maximum atomic E-state index is 3.64. The Kier molecular flexibility index (Phi) is 4.41. The number of nitrogens with zero attached hydrogens (tertiary/aromatic N) is 1. The summed E-state index contributed by atoms with van der Waals surface area (Å²) in [5.41, 5.74) is 5.23. The molecule has 4 aromatic rings. The van der Waals surface area contributed by atoms with E-state index in [0.29, 0.717) is 0 Å². The molecule has 0 atom stereocenters. The van der Waals surface area contributed by atoms with Gasteiger partial charge in [-0.05, 0) is 50.3 Å². The van der Waals surface area contributed by atoms with E-state index in [4.69, 9.17) is 0 Å². The number of hydrogen-bond donors (Lipinski definition) is 2. The third-order valence-electron chi connectivity index (χ3n) is 6.01. The molecule has 26 heavy (non-hydrogen) atoms. The highest BCUT2D eigenvalue weighted by atomic mass is 15.1. The average molecular weight is 348 g/mol. The van der Waals surface area contributed by atoms with Gasteiger partial charge in [-0.1, -0.05) is 18.2 Å². The minimum atomic E-state index is 1.07. The van der Waals surface area contributed by atoms with Gasteiger partial charge in [0, 0.05) is 27.7 Å². The first-order chi connectivity index (χ1) is 12.6. The van der Waals surface area contributed by atoms with E-state index >= 15 is 0 Å². The predicted molar refractivity (Wildman–Crippen MR) is 110 cm³/mol. The van der Waals surface area contributed by atoms with Crippen molar-refractivity contribution >= 4 is 32.6 Å². The van der Waals surface area contributed by atoms with Crippen LogP contribution in [0.5, 0.6) is 0 Å². The molecule has 0 aliphatic carbocycles. The molecule has 0 saturated heterocycles. The zero-order valence-electron chi connectivity index (χ0n) is 16.3. The van der Waals surface area contributed by atoms with Crippen LogP contribution in [0.15, 0.2) is 42.7 Å². The molecule has 134 valence electrons. The van der Waals surface area contributed by atoms with Crippen molar-refractivity contribution in [3.05, 3.63) is 53.9 Å². The van der Waals surface area contributed by atoms with Crippen LogP contribution < -0.4 is 9.47 Å². The lowest BCUT2D eigenvalue weighted by Gasteiger charge is -2.13. The van der Waals surface area contributed by atoms with Crippen molar-refractivity contribution in [2.75, 3.05) is 19.6 Å². The molecule has 0 bridgehead atoms. The van der Waals surface area contributed by atoms with Crippen molar-refractivity contribution in [2.24, 2.45) is 0 Å². The van der Waals surface area contributed by atoms with Crippen LogP contribution in [0.3, 0.4) is 0 Å². The maximum absolute atomic E-state index is 3.64. The van der Waals surface area contributed by atoms with Gasteiger partial charge in [0.25, 0.3) is 0 Å². The third-order valence-corrected chi connectivity index (χ3v) is 6.01. The van der Waals surface area contributed by atoms with Gasteiger partial charge in [-0.25, -0.2) is 0 Å². The first-order valence-corrected chi connectivity index (χ1v) is 9.80. The summed E-state index contributed by atoms with van der Waals surface area (Å²) < 4.78 is 2.36. The van der Waals surface area contributed by atoms with Gasteiger partial charge in [-0.15, -0.1) is 0 Å². The van der Waals surface area contributed by atoms with E-state index in [0.717, 1.165) is 6.54 Å². The molecule has 2 aromatic carbocycles. The van der Waals surface area contributed by atoms with Gasteiger partial charge in [0.1, 0.15) is 6.54 Å². The number of H-pyrrole nitrogens is 1. The van der Waals surface area contributed by atoms with Crippen LogP contribution in [-0.4, -0.2) is 24.6 Å². The second-order valence-corrected chi connectivity index (χ2v) is 7.39. The molecule has 0 fully saturated rings. The van der Waals surface area contributed by atoms with E-state index in [9.17, 15) is 0 Å². The van der Waals surface area contributed by atoms with Gasteiger partial charge in [0.15, 0.2) is 18.9 Å². The Morgan fingerprint density at radius 1 is 0.923 bits per heavy atom. The predicted octanol–water partition coefficient (Wildman–Crippen LogP) is 3.30. The van der Waals surface area contributed by atoms with E-state index in [1.54, 1.807) is 4.90 Å². The normalized spacial score (nSPS) is 12.0. The smallest absolute Gasteiger partial charge is 0.196 e. The number of rotatable bonds is 5. The molecule has 2 aromatic heterocycles. The SMILES string of the molecule is CC[NH+](CC)CC[n+]1ccc2c(C)c3[nH]c4ccccc4c3c(C)c2c1. The lowest BCUT2D eigenvalue weighted by molar-refractivity contribution is -0.916. The minimum Gasteiger partial charge on any atom is -0.354 e. The Labute approximate surface area is 155 Å². The molecule has 0 saturated carbocycles. The second-order valence-electron chi connectivity index (χ2n) is 7.39. The molecule has 3 heteroatoms. The van der Waals surface area contributed by atoms with Crippen molar-refractivity contribution in [2.45, 2.75) is 34.2 Å². The molecular weight excluding hydrogens is 318 g/mol. The summed E-state index contributed by atoms with van der Waals surface area (Å²) in [6.07, 6.45) is 4.59. The highest BCUT2D eigenvalue weighted by Gasteiger charge is 2.16. The molecule has 3 nitrogen and oxygen atoms in total. The number of aromatic amines is 1. The molecule has 0 amide bonds. The molecular formula is C23H29N3+2. The van der Waals surface area contributed by atoms with Crippen LogP contribution in [-0.2, 0) is 6.54 Å². The van der Waals surface area contributed by atoms with E-state index in [1.165, 1.54) is 63.3 Å². The Balaban J connectivity index is 1.88. The Hall–Kier alpha value is -2.39. The summed E-state index contributed by atoms with van der Waals surface area (Å²) >= 11 is 0. The van der Waals surface area contributed by atoms with Crippen molar-refractivity contribution in [3.8, 4) is 0 Å². The number of para-hydroxylation sites is 1. The summed E-state index contributed by atoms with van der Waals surface area (Å²) in [6.45, 7) is 13.7. The van der Waals surface area contributed by atoms with Crippen LogP contribution in [0.25, 0.3) is 32.6 Å². The summed E-state index contributed by atoms with van der Waals surface area (Å²) in [6, 6.07) is 10.9. The molecule has 0 spiro atoms. The zero-order valence-corrected chi connectivity index (χ0v) is 16.3. The summed E-state index contributed by atoms with van der Waals surface area (Å²) in [4.78, 5) is 5.29. The third kappa shape index (κ3) is 2.67. The lowest BCUT2D eigenvalue weighted by atomic mass is 9.97. The Morgan fingerprint density at radius 2 is 1.69 bits per heavy atom. The maximum Gasteiger partial charge on any atom is 0.196 e. The number of hydrogen-bond acceptors (Lipinski definition) is 0. The van der Waals surface area contributed by atoms with Crippen LogP contribution >= 0.6 is 0 Å². The number of pyridine rings is 1.